The van der Waals surface area contributed by atoms with Crippen LogP contribution in [0.4, 0.5) is 4.79 Å². The van der Waals surface area contributed by atoms with E-state index in [0.717, 1.165) is 28.6 Å². The highest BCUT2D eigenvalue weighted by molar-refractivity contribution is 6.11. The monoisotopic (exact) mass is 383 g/mol. The molecule has 0 bridgehead atoms. The Bertz CT molecular complexity index is 993. The molecule has 2 heterocycles. The molecule has 2 atom stereocenters. The summed E-state index contributed by atoms with van der Waals surface area (Å²) in [7, 11) is 0. The number of urea groups is 1. The molecule has 28 heavy (non-hydrogen) atoms. The molecule has 0 unspecified atom stereocenters. The number of fused-ring (bicyclic) bond motifs is 1. The van der Waals surface area contributed by atoms with E-state index in [9.17, 15) is 19.2 Å². The van der Waals surface area contributed by atoms with Gasteiger partial charge in [0.2, 0.25) is 5.78 Å². The molecule has 1 saturated heterocycles. The second-order valence-corrected chi connectivity index (χ2v) is 7.54. The average Bonchev–Trinajstić information content (AvgIpc) is 3.40. The van der Waals surface area contributed by atoms with Crippen LogP contribution in [0.5, 0.6) is 0 Å². The van der Waals surface area contributed by atoms with Crippen LogP contribution < -0.4 is 5.32 Å². The van der Waals surface area contributed by atoms with Crippen molar-refractivity contribution in [2.75, 3.05) is 6.54 Å². The van der Waals surface area contributed by atoms with Crippen molar-refractivity contribution in [2.45, 2.75) is 38.3 Å². The lowest BCUT2D eigenvalue weighted by Crippen LogP contribution is -2.46. The van der Waals surface area contributed by atoms with Gasteiger partial charge in [-0.2, -0.15) is 0 Å². The molecule has 1 aliphatic carbocycles. The van der Waals surface area contributed by atoms with Gasteiger partial charge in [-0.05, 0) is 38.7 Å². The maximum atomic E-state index is 12.7. The van der Waals surface area contributed by atoms with Gasteiger partial charge in [-0.15, -0.1) is 0 Å². The number of ketones is 1. The third-order valence-corrected chi connectivity index (χ3v) is 5.51. The van der Waals surface area contributed by atoms with Crippen LogP contribution in [-0.4, -0.2) is 51.8 Å². The van der Waals surface area contributed by atoms with E-state index in [1.54, 1.807) is 19.2 Å². The van der Waals surface area contributed by atoms with E-state index < -0.39 is 36.1 Å². The van der Waals surface area contributed by atoms with Gasteiger partial charge in [-0.3, -0.25) is 19.3 Å². The van der Waals surface area contributed by atoms with Gasteiger partial charge in [0.25, 0.3) is 5.91 Å². The number of aromatic amines is 1. The minimum Gasteiger partial charge on any atom is -0.453 e. The average molecular weight is 383 g/mol. The zero-order valence-corrected chi connectivity index (χ0v) is 15.7. The molecule has 1 aliphatic heterocycles. The van der Waals surface area contributed by atoms with Gasteiger partial charge in [-0.25, -0.2) is 4.79 Å². The fourth-order valence-electron chi connectivity index (χ4n) is 3.71. The quantitative estimate of drug-likeness (QED) is 0.451. The smallest absolute Gasteiger partial charge is 0.326 e. The molecule has 8 heteroatoms. The SMILES string of the molecule is C[C@@H](OC(=O)CN1C(=O)N[C@@](C)(C2CC2)C1=O)C(=O)c1c[nH]c2ccccc12. The van der Waals surface area contributed by atoms with Crippen LogP contribution in [-0.2, 0) is 14.3 Å². The van der Waals surface area contributed by atoms with Crippen molar-refractivity contribution < 1.29 is 23.9 Å². The second kappa shape index (κ2) is 6.47. The third kappa shape index (κ3) is 2.94. The molecule has 0 spiro atoms. The molecule has 8 nitrogen and oxygen atoms in total. The summed E-state index contributed by atoms with van der Waals surface area (Å²) in [5.41, 5.74) is 0.276. The largest absolute Gasteiger partial charge is 0.453 e. The Morgan fingerprint density at radius 2 is 2.00 bits per heavy atom. The Morgan fingerprint density at radius 1 is 1.29 bits per heavy atom. The molecule has 2 aliphatic rings. The number of carbonyl (C=O) groups is 4. The van der Waals surface area contributed by atoms with Crippen molar-refractivity contribution in [3.05, 3.63) is 36.0 Å². The molecule has 1 aromatic heterocycles. The first kappa shape index (κ1) is 18.2. The number of Topliss-reactive ketones (excluding diaryl/α,β-unsaturated/α-hetero) is 1. The normalized spacial score (nSPS) is 23.0. The molecule has 1 aromatic carbocycles. The number of nitrogens with zero attached hydrogens (tertiary/aromatic N) is 1. The number of benzene rings is 1. The molecule has 3 amide bonds. The first-order chi connectivity index (χ1) is 13.3. The van der Waals surface area contributed by atoms with Gasteiger partial charge < -0.3 is 15.0 Å². The van der Waals surface area contributed by atoms with Crippen LogP contribution in [0.3, 0.4) is 0 Å². The van der Waals surface area contributed by atoms with E-state index in [-0.39, 0.29) is 11.7 Å². The Labute approximate surface area is 161 Å². The predicted molar refractivity (Wildman–Crippen MR) is 99.6 cm³/mol. The summed E-state index contributed by atoms with van der Waals surface area (Å²) < 4.78 is 5.21. The number of hydrogen-bond acceptors (Lipinski definition) is 5. The minimum absolute atomic E-state index is 0.104. The van der Waals surface area contributed by atoms with Crippen LogP contribution in [0.15, 0.2) is 30.5 Å². The third-order valence-electron chi connectivity index (χ3n) is 5.51. The number of rotatable bonds is 6. The van der Waals surface area contributed by atoms with Gasteiger partial charge in [0.1, 0.15) is 12.1 Å². The molecule has 0 radical (unpaired) electrons. The molecule has 2 aromatic rings. The molecule has 2 N–H and O–H groups in total. The summed E-state index contributed by atoms with van der Waals surface area (Å²) >= 11 is 0. The highest BCUT2D eigenvalue weighted by Crippen LogP contribution is 2.42. The molecule has 146 valence electrons. The van der Waals surface area contributed by atoms with Crippen LogP contribution in [0.2, 0.25) is 0 Å². The number of imide groups is 1. The zero-order chi connectivity index (χ0) is 20.1. The van der Waals surface area contributed by atoms with Crippen molar-refractivity contribution in [1.82, 2.24) is 15.2 Å². The Kier molecular flexibility index (Phi) is 4.21. The number of aromatic nitrogens is 1. The highest BCUT2D eigenvalue weighted by atomic mass is 16.5. The summed E-state index contributed by atoms with van der Waals surface area (Å²) in [4.78, 5) is 53.5. The Hall–Kier alpha value is -3.16. The topological polar surface area (TPSA) is 109 Å². The standard InChI is InChI=1S/C20H21N3O5/c1-11(17(25)14-9-21-15-6-4-3-5-13(14)15)28-16(24)10-23-18(26)20(2,12-7-8-12)22-19(23)27/h3-6,9,11-12,21H,7-8,10H2,1-2H3,(H,22,27)/t11-,20+/m1/s1. The predicted octanol–water partition coefficient (Wildman–Crippen LogP) is 2.00. The van der Waals surface area contributed by atoms with E-state index >= 15 is 0 Å². The van der Waals surface area contributed by atoms with Gasteiger partial charge in [0.05, 0.1) is 0 Å². The fraction of sp³-hybridized carbons (Fsp3) is 0.400. The summed E-state index contributed by atoms with van der Waals surface area (Å²) in [6.07, 6.45) is 2.28. The number of carbonyl (C=O) groups excluding carboxylic acids is 4. The molecule has 2 fully saturated rings. The van der Waals surface area contributed by atoms with Crippen molar-refractivity contribution in [3.63, 3.8) is 0 Å². The number of esters is 1. The van der Waals surface area contributed by atoms with Crippen molar-refractivity contribution >= 4 is 34.6 Å². The Balaban J connectivity index is 1.41. The maximum absolute atomic E-state index is 12.7. The number of para-hydroxylation sites is 1. The van der Waals surface area contributed by atoms with E-state index in [1.807, 2.05) is 18.2 Å². The van der Waals surface area contributed by atoms with Crippen LogP contribution in [0, 0.1) is 5.92 Å². The summed E-state index contributed by atoms with van der Waals surface area (Å²) in [6, 6.07) is 6.71. The maximum Gasteiger partial charge on any atom is 0.326 e. The lowest BCUT2D eigenvalue weighted by atomic mass is 9.96. The number of nitrogens with one attached hydrogen (secondary N) is 2. The van der Waals surface area contributed by atoms with Crippen LogP contribution in [0.25, 0.3) is 10.9 Å². The second-order valence-electron chi connectivity index (χ2n) is 7.54. The van der Waals surface area contributed by atoms with Gasteiger partial charge in [0.15, 0.2) is 6.10 Å². The molecule has 1 saturated carbocycles. The summed E-state index contributed by atoms with van der Waals surface area (Å²) in [5.74, 6) is -1.48. The number of hydrogen-bond donors (Lipinski definition) is 2. The van der Waals surface area contributed by atoms with Gasteiger partial charge in [-0.1, -0.05) is 18.2 Å². The highest BCUT2D eigenvalue weighted by Gasteiger charge is 2.56. The van der Waals surface area contributed by atoms with Crippen molar-refractivity contribution in [1.29, 1.82) is 0 Å². The van der Waals surface area contributed by atoms with E-state index in [2.05, 4.69) is 10.3 Å². The lowest BCUT2D eigenvalue weighted by molar-refractivity contribution is -0.150. The number of ether oxygens (including phenoxy) is 1. The zero-order valence-electron chi connectivity index (χ0n) is 15.7. The van der Waals surface area contributed by atoms with Crippen molar-refractivity contribution in [3.8, 4) is 0 Å². The molecular weight excluding hydrogens is 362 g/mol. The Morgan fingerprint density at radius 3 is 2.71 bits per heavy atom. The van der Waals surface area contributed by atoms with E-state index in [1.165, 1.54) is 6.92 Å². The number of amides is 3. The first-order valence-electron chi connectivity index (χ1n) is 9.25. The van der Waals surface area contributed by atoms with Gasteiger partial charge in [0, 0.05) is 22.7 Å². The first-order valence-corrected chi connectivity index (χ1v) is 9.25. The number of H-pyrrole nitrogens is 1. The van der Waals surface area contributed by atoms with Crippen LogP contribution in [0.1, 0.15) is 37.0 Å². The van der Waals surface area contributed by atoms with Crippen molar-refractivity contribution in [2.24, 2.45) is 5.92 Å². The molecular formula is C20H21N3O5. The van der Waals surface area contributed by atoms with Crippen LogP contribution >= 0.6 is 0 Å². The molecule has 4 rings (SSSR count). The minimum atomic E-state index is -1.04. The van der Waals surface area contributed by atoms with E-state index in [0.29, 0.717) is 5.56 Å². The lowest BCUT2D eigenvalue weighted by Gasteiger charge is -2.21. The summed E-state index contributed by atoms with van der Waals surface area (Å²) in [6.45, 7) is 2.64. The van der Waals surface area contributed by atoms with E-state index in [4.69, 9.17) is 4.74 Å². The fourth-order valence-corrected chi connectivity index (χ4v) is 3.71. The summed E-state index contributed by atoms with van der Waals surface area (Å²) in [5, 5.41) is 3.42. The van der Waals surface area contributed by atoms with Gasteiger partial charge >= 0.3 is 12.0 Å².